The summed E-state index contributed by atoms with van der Waals surface area (Å²) in [5.74, 6) is 1.07. The summed E-state index contributed by atoms with van der Waals surface area (Å²) in [5.41, 5.74) is 0.422. The van der Waals surface area contributed by atoms with E-state index in [1.165, 1.54) is 12.5 Å². The van der Waals surface area contributed by atoms with Crippen LogP contribution in [0.25, 0.3) is 0 Å². The largest absolute Gasteiger partial charge is 0.498 e. The first-order valence-electron chi connectivity index (χ1n) is 6.11. The lowest BCUT2D eigenvalue weighted by Gasteiger charge is -2.11. The molecule has 0 amide bonds. The van der Waals surface area contributed by atoms with E-state index in [4.69, 9.17) is 18.9 Å². The predicted molar refractivity (Wildman–Crippen MR) is 75.1 cm³/mol. The van der Waals surface area contributed by atoms with Crippen LogP contribution in [0.1, 0.15) is 10.4 Å². The molecule has 0 unspecified atom stereocenters. The Morgan fingerprint density at radius 1 is 0.950 bits per heavy atom. The zero-order chi connectivity index (χ0) is 14.6. The van der Waals surface area contributed by atoms with Crippen LogP contribution in [-0.4, -0.2) is 32.7 Å². The summed E-state index contributed by atoms with van der Waals surface area (Å²) in [6.45, 7) is 8.33. The fraction of sp³-hybridized carbons (Fsp3) is 0.267. The molecule has 0 spiro atoms. The first kappa shape index (κ1) is 15.6. The van der Waals surface area contributed by atoms with Gasteiger partial charge in [0.25, 0.3) is 0 Å². The molecule has 0 fully saturated rings. The van der Waals surface area contributed by atoms with Gasteiger partial charge in [-0.25, -0.2) is 0 Å². The Kier molecular flexibility index (Phi) is 7.42. The third-order valence-corrected chi connectivity index (χ3v) is 2.27. The van der Waals surface area contributed by atoms with Crippen LogP contribution in [0, 0.1) is 0 Å². The molecule has 0 radical (unpaired) electrons. The highest BCUT2D eigenvalue weighted by Crippen LogP contribution is 2.22. The zero-order valence-corrected chi connectivity index (χ0v) is 11.2. The molecule has 0 aliphatic carbocycles. The summed E-state index contributed by atoms with van der Waals surface area (Å²) in [6, 6.07) is 5.02. The van der Waals surface area contributed by atoms with Crippen molar-refractivity contribution in [2.24, 2.45) is 0 Å². The fourth-order valence-electron chi connectivity index (χ4n) is 1.41. The van der Waals surface area contributed by atoms with Crippen LogP contribution < -0.4 is 9.47 Å². The van der Waals surface area contributed by atoms with E-state index in [9.17, 15) is 4.79 Å². The molecule has 0 aromatic heterocycles. The molecule has 108 valence electrons. The van der Waals surface area contributed by atoms with Crippen LogP contribution in [0.4, 0.5) is 0 Å². The van der Waals surface area contributed by atoms with Crippen molar-refractivity contribution >= 4 is 6.29 Å². The van der Waals surface area contributed by atoms with Gasteiger partial charge in [-0.3, -0.25) is 4.79 Å². The van der Waals surface area contributed by atoms with Gasteiger partial charge in [-0.05, 0) is 18.2 Å². The number of rotatable bonds is 11. The van der Waals surface area contributed by atoms with E-state index in [0.29, 0.717) is 43.5 Å². The summed E-state index contributed by atoms with van der Waals surface area (Å²) in [7, 11) is 0. The molecule has 0 saturated carbocycles. The van der Waals surface area contributed by atoms with Crippen molar-refractivity contribution in [3.05, 3.63) is 49.4 Å². The van der Waals surface area contributed by atoms with Crippen molar-refractivity contribution < 1.29 is 23.7 Å². The molecule has 1 rings (SSSR count). The first-order chi connectivity index (χ1) is 9.81. The van der Waals surface area contributed by atoms with Crippen molar-refractivity contribution in [3.8, 4) is 11.5 Å². The molecule has 20 heavy (non-hydrogen) atoms. The zero-order valence-electron chi connectivity index (χ0n) is 11.2. The monoisotopic (exact) mass is 278 g/mol. The van der Waals surface area contributed by atoms with Crippen LogP contribution in [0.5, 0.6) is 11.5 Å². The lowest BCUT2D eigenvalue weighted by Crippen LogP contribution is -2.07. The van der Waals surface area contributed by atoms with Crippen molar-refractivity contribution in [1.29, 1.82) is 0 Å². The van der Waals surface area contributed by atoms with Gasteiger partial charge in [0.2, 0.25) is 0 Å². The predicted octanol–water partition coefficient (Wildman–Crippen LogP) is 2.58. The molecule has 5 nitrogen and oxygen atoms in total. The van der Waals surface area contributed by atoms with Crippen LogP contribution in [0.3, 0.4) is 0 Å². The number of carbonyl (C=O) groups excluding carboxylic acids is 1. The van der Waals surface area contributed by atoms with Crippen molar-refractivity contribution in [1.82, 2.24) is 0 Å². The van der Waals surface area contributed by atoms with E-state index in [2.05, 4.69) is 13.2 Å². The minimum atomic E-state index is 0.334. The van der Waals surface area contributed by atoms with E-state index in [1.807, 2.05) is 0 Å². The van der Waals surface area contributed by atoms with Gasteiger partial charge >= 0.3 is 0 Å². The highest BCUT2D eigenvalue weighted by molar-refractivity contribution is 5.80. The molecule has 0 N–H and O–H groups in total. The highest BCUT2D eigenvalue weighted by Gasteiger charge is 2.05. The van der Waals surface area contributed by atoms with Gasteiger partial charge in [-0.2, -0.15) is 0 Å². The van der Waals surface area contributed by atoms with Gasteiger partial charge in [0, 0.05) is 0 Å². The molecular formula is C15H18O5. The summed E-state index contributed by atoms with van der Waals surface area (Å²) in [6.07, 6.45) is 3.41. The van der Waals surface area contributed by atoms with Gasteiger partial charge in [0.05, 0.1) is 18.1 Å². The standard InChI is InChI=1S/C15H18O5/c1-3-17-7-9-19-14-5-6-15(13(11-14)12-16)20-10-8-18-4-2/h3-6,11-12H,1-2,7-10H2. The van der Waals surface area contributed by atoms with Crippen molar-refractivity contribution in [2.45, 2.75) is 0 Å². The second-order valence-electron chi connectivity index (χ2n) is 3.59. The third kappa shape index (κ3) is 5.48. The molecule has 1 aromatic carbocycles. The number of hydrogen-bond acceptors (Lipinski definition) is 5. The van der Waals surface area contributed by atoms with Crippen LogP contribution in [-0.2, 0) is 9.47 Å². The van der Waals surface area contributed by atoms with Gasteiger partial charge in [-0.15, -0.1) is 0 Å². The van der Waals surface area contributed by atoms with Crippen molar-refractivity contribution in [3.63, 3.8) is 0 Å². The quantitative estimate of drug-likeness (QED) is 0.354. The minimum Gasteiger partial charge on any atom is -0.498 e. The van der Waals surface area contributed by atoms with Crippen molar-refractivity contribution in [2.75, 3.05) is 26.4 Å². The summed E-state index contributed by atoms with van der Waals surface area (Å²) >= 11 is 0. The third-order valence-electron chi connectivity index (χ3n) is 2.27. The lowest BCUT2D eigenvalue weighted by atomic mass is 10.2. The van der Waals surface area contributed by atoms with Gasteiger partial charge in [0.1, 0.15) is 37.9 Å². The molecule has 1 aromatic rings. The molecule has 0 aliphatic rings. The van der Waals surface area contributed by atoms with Gasteiger partial charge in [-0.1, -0.05) is 13.2 Å². The smallest absolute Gasteiger partial charge is 0.153 e. The maximum Gasteiger partial charge on any atom is 0.153 e. The molecule has 0 bridgehead atoms. The molecule has 5 heteroatoms. The number of aldehydes is 1. The van der Waals surface area contributed by atoms with Crippen LogP contribution >= 0.6 is 0 Å². The Labute approximate surface area is 118 Å². The number of benzene rings is 1. The summed E-state index contributed by atoms with van der Waals surface area (Å²) in [4.78, 5) is 11.0. The molecule has 0 atom stereocenters. The lowest BCUT2D eigenvalue weighted by molar-refractivity contribution is 0.111. The van der Waals surface area contributed by atoms with Crippen LogP contribution in [0.2, 0.25) is 0 Å². The number of ether oxygens (including phenoxy) is 4. The van der Waals surface area contributed by atoms with E-state index < -0.39 is 0 Å². The average molecular weight is 278 g/mol. The molecule has 0 heterocycles. The maximum atomic E-state index is 11.0. The van der Waals surface area contributed by atoms with Gasteiger partial charge < -0.3 is 18.9 Å². The van der Waals surface area contributed by atoms with E-state index in [-0.39, 0.29) is 0 Å². The van der Waals surface area contributed by atoms with E-state index in [0.717, 1.165) is 6.29 Å². The topological polar surface area (TPSA) is 54.0 Å². The fourth-order valence-corrected chi connectivity index (χ4v) is 1.41. The Bertz CT molecular complexity index is 442. The number of hydrogen-bond donors (Lipinski definition) is 0. The Balaban J connectivity index is 2.53. The Morgan fingerprint density at radius 3 is 2.20 bits per heavy atom. The second-order valence-corrected chi connectivity index (χ2v) is 3.59. The van der Waals surface area contributed by atoms with E-state index in [1.54, 1.807) is 18.2 Å². The maximum absolute atomic E-state index is 11.0. The number of carbonyl (C=O) groups is 1. The average Bonchev–Trinajstić information content (AvgIpc) is 2.49. The second kappa shape index (κ2) is 9.49. The van der Waals surface area contributed by atoms with Crippen LogP contribution in [0.15, 0.2) is 43.9 Å². The Morgan fingerprint density at radius 2 is 1.60 bits per heavy atom. The molecular weight excluding hydrogens is 260 g/mol. The van der Waals surface area contributed by atoms with Gasteiger partial charge in [0.15, 0.2) is 6.29 Å². The molecule has 0 aliphatic heterocycles. The Hall–Kier alpha value is -2.43. The first-order valence-corrected chi connectivity index (χ1v) is 6.11. The minimum absolute atomic E-state index is 0.334. The van der Waals surface area contributed by atoms with E-state index >= 15 is 0 Å². The summed E-state index contributed by atoms with van der Waals surface area (Å²) < 4.78 is 20.7. The molecule has 0 saturated heterocycles. The summed E-state index contributed by atoms with van der Waals surface area (Å²) in [5, 5.41) is 0. The highest BCUT2D eigenvalue weighted by atomic mass is 16.5. The SMILES string of the molecule is C=COCCOc1ccc(OCCOC=C)c(C=O)c1. The normalized spacial score (nSPS) is 9.40.